The van der Waals surface area contributed by atoms with Crippen LogP contribution in [0.2, 0.25) is 5.02 Å². The Morgan fingerprint density at radius 1 is 1.15 bits per heavy atom. The average molecular weight is 391 g/mol. The highest BCUT2D eigenvalue weighted by Gasteiger charge is 2.11. The number of aromatic nitrogens is 3. The third kappa shape index (κ3) is 4.49. The maximum absolute atomic E-state index is 14.2. The lowest BCUT2D eigenvalue weighted by Crippen LogP contribution is -2.08. The second-order valence-electron chi connectivity index (χ2n) is 5.83. The zero-order valence-electron chi connectivity index (χ0n) is 15.1. The van der Waals surface area contributed by atoms with Crippen LogP contribution in [0, 0.1) is 5.82 Å². The van der Waals surface area contributed by atoms with E-state index >= 15 is 0 Å². The smallest absolute Gasteiger partial charge is 0.163 e. The molecule has 27 heavy (non-hydrogen) atoms. The highest BCUT2D eigenvalue weighted by molar-refractivity contribution is 6.31. The van der Waals surface area contributed by atoms with Crippen molar-refractivity contribution in [3.05, 3.63) is 59.4 Å². The monoisotopic (exact) mass is 390 g/mol. The fourth-order valence-electron chi connectivity index (χ4n) is 2.77. The van der Waals surface area contributed by atoms with Gasteiger partial charge in [-0.25, -0.2) is 14.1 Å². The molecule has 0 aliphatic carbocycles. The topological polar surface area (TPSA) is 61.2 Å². The van der Waals surface area contributed by atoms with Gasteiger partial charge in [-0.1, -0.05) is 11.6 Å². The Hall–Kier alpha value is -2.80. The number of aryl methyl sites for hydroxylation is 1. The largest absolute Gasteiger partial charge is 0.493 e. The third-order valence-corrected chi connectivity index (χ3v) is 4.35. The van der Waals surface area contributed by atoms with E-state index in [-0.39, 0.29) is 5.82 Å². The van der Waals surface area contributed by atoms with Gasteiger partial charge in [0.25, 0.3) is 0 Å². The first-order valence-corrected chi connectivity index (χ1v) is 8.79. The summed E-state index contributed by atoms with van der Waals surface area (Å²) in [7, 11) is 3.02. The number of benzene rings is 2. The molecular weight excluding hydrogens is 371 g/mol. The predicted octanol–water partition coefficient (Wildman–Crippen LogP) is 4.12. The van der Waals surface area contributed by atoms with Crippen LogP contribution in [-0.4, -0.2) is 35.5 Å². The number of methoxy groups -OCH3 is 2. The molecule has 142 valence electrons. The van der Waals surface area contributed by atoms with Gasteiger partial charge in [0.1, 0.15) is 18.5 Å². The van der Waals surface area contributed by atoms with Gasteiger partial charge in [-0.05, 0) is 42.7 Å². The Bertz CT molecular complexity index is 903. The van der Waals surface area contributed by atoms with Crippen molar-refractivity contribution < 1.29 is 13.9 Å². The summed E-state index contributed by atoms with van der Waals surface area (Å²) >= 11 is 6.11. The van der Waals surface area contributed by atoms with E-state index < -0.39 is 0 Å². The van der Waals surface area contributed by atoms with Gasteiger partial charge in [-0.2, -0.15) is 5.10 Å². The van der Waals surface area contributed by atoms with E-state index in [1.54, 1.807) is 23.1 Å². The predicted molar refractivity (Wildman–Crippen MR) is 103 cm³/mol. The summed E-state index contributed by atoms with van der Waals surface area (Å²) in [5, 5.41) is 8.10. The molecule has 0 atom stereocenters. The molecule has 3 rings (SSSR count). The molecule has 0 spiro atoms. The standard InChI is InChI=1S/C19H20ClFN4O2/c1-26-18-8-13(15(21)10-19(18)27-2)4-3-7-23-16-9-14(20)5-6-17(16)25-12-22-11-24-25/h5-6,8-12,23H,3-4,7H2,1-2H3. The van der Waals surface area contributed by atoms with Crippen molar-refractivity contribution in [1.82, 2.24) is 14.8 Å². The van der Waals surface area contributed by atoms with E-state index in [4.69, 9.17) is 21.1 Å². The van der Waals surface area contributed by atoms with Crippen molar-refractivity contribution in [3.8, 4) is 17.2 Å². The van der Waals surface area contributed by atoms with E-state index in [2.05, 4.69) is 15.4 Å². The molecule has 8 heteroatoms. The van der Waals surface area contributed by atoms with E-state index in [0.29, 0.717) is 35.1 Å². The first-order valence-electron chi connectivity index (χ1n) is 8.41. The Kier molecular flexibility index (Phi) is 6.13. The van der Waals surface area contributed by atoms with Crippen molar-refractivity contribution in [1.29, 1.82) is 0 Å². The van der Waals surface area contributed by atoms with Crippen LogP contribution in [-0.2, 0) is 6.42 Å². The van der Waals surface area contributed by atoms with Gasteiger partial charge in [0.2, 0.25) is 0 Å². The quantitative estimate of drug-likeness (QED) is 0.586. The highest BCUT2D eigenvalue weighted by atomic mass is 35.5. The molecule has 0 aliphatic heterocycles. The van der Waals surface area contributed by atoms with E-state index in [0.717, 1.165) is 17.8 Å². The van der Waals surface area contributed by atoms with Gasteiger partial charge in [-0.15, -0.1) is 0 Å². The fraction of sp³-hybridized carbons (Fsp3) is 0.263. The molecule has 0 saturated heterocycles. The fourth-order valence-corrected chi connectivity index (χ4v) is 2.94. The van der Waals surface area contributed by atoms with Gasteiger partial charge in [0, 0.05) is 17.6 Å². The minimum Gasteiger partial charge on any atom is -0.493 e. The first-order chi connectivity index (χ1) is 13.1. The Morgan fingerprint density at radius 3 is 2.63 bits per heavy atom. The molecule has 0 fully saturated rings. The molecule has 0 aliphatic rings. The number of hydrogen-bond acceptors (Lipinski definition) is 5. The van der Waals surface area contributed by atoms with Crippen LogP contribution >= 0.6 is 11.6 Å². The van der Waals surface area contributed by atoms with Gasteiger partial charge in [0.05, 0.1) is 25.6 Å². The maximum atomic E-state index is 14.2. The van der Waals surface area contributed by atoms with Crippen molar-refractivity contribution in [2.45, 2.75) is 12.8 Å². The lowest BCUT2D eigenvalue weighted by molar-refractivity contribution is 0.351. The molecule has 1 N–H and O–H groups in total. The Balaban J connectivity index is 1.65. The maximum Gasteiger partial charge on any atom is 0.163 e. The zero-order chi connectivity index (χ0) is 19.2. The molecule has 1 heterocycles. The number of ether oxygens (including phenoxy) is 2. The number of hydrogen-bond donors (Lipinski definition) is 1. The minimum absolute atomic E-state index is 0.307. The molecule has 0 radical (unpaired) electrons. The number of halogens is 2. The molecule has 6 nitrogen and oxygen atoms in total. The van der Waals surface area contributed by atoms with E-state index in [1.165, 1.54) is 26.6 Å². The van der Waals surface area contributed by atoms with Gasteiger partial charge >= 0.3 is 0 Å². The molecule has 0 amide bonds. The number of nitrogens with zero attached hydrogens (tertiary/aromatic N) is 3. The summed E-state index contributed by atoms with van der Waals surface area (Å²) in [6, 6.07) is 8.52. The van der Waals surface area contributed by atoms with Crippen LogP contribution in [0.5, 0.6) is 11.5 Å². The highest BCUT2D eigenvalue weighted by Crippen LogP contribution is 2.30. The average Bonchev–Trinajstić information content (AvgIpc) is 3.20. The lowest BCUT2D eigenvalue weighted by atomic mass is 10.1. The van der Waals surface area contributed by atoms with Crippen molar-refractivity contribution in [2.75, 3.05) is 26.1 Å². The summed E-state index contributed by atoms with van der Waals surface area (Å²) in [4.78, 5) is 3.97. The normalized spacial score (nSPS) is 10.7. The van der Waals surface area contributed by atoms with Crippen LogP contribution in [0.4, 0.5) is 10.1 Å². The van der Waals surface area contributed by atoms with Crippen LogP contribution in [0.15, 0.2) is 43.0 Å². The SMILES string of the molecule is COc1cc(F)c(CCCNc2cc(Cl)ccc2-n2cncn2)cc1OC. The summed E-state index contributed by atoms with van der Waals surface area (Å²) in [5.41, 5.74) is 2.26. The molecular formula is C19H20ClFN4O2. The molecule has 0 unspecified atom stereocenters. The van der Waals surface area contributed by atoms with Crippen LogP contribution in [0.1, 0.15) is 12.0 Å². The summed E-state index contributed by atoms with van der Waals surface area (Å²) in [6.07, 6.45) is 4.36. The second-order valence-corrected chi connectivity index (χ2v) is 6.27. The molecule has 0 bridgehead atoms. The third-order valence-electron chi connectivity index (χ3n) is 4.12. The van der Waals surface area contributed by atoms with Crippen LogP contribution in [0.25, 0.3) is 5.69 Å². The van der Waals surface area contributed by atoms with Gasteiger partial charge in [-0.3, -0.25) is 0 Å². The number of nitrogens with one attached hydrogen (secondary N) is 1. The number of anilines is 1. The molecule has 2 aromatic carbocycles. The molecule has 3 aromatic rings. The Labute approximate surface area is 161 Å². The zero-order valence-corrected chi connectivity index (χ0v) is 15.8. The van der Waals surface area contributed by atoms with Crippen molar-refractivity contribution in [2.24, 2.45) is 0 Å². The first kappa shape index (κ1) is 19.0. The summed E-state index contributed by atoms with van der Waals surface area (Å²) < 4.78 is 26.2. The van der Waals surface area contributed by atoms with Crippen molar-refractivity contribution in [3.63, 3.8) is 0 Å². The Morgan fingerprint density at radius 2 is 1.93 bits per heavy atom. The van der Waals surface area contributed by atoms with E-state index in [1.807, 2.05) is 12.1 Å². The lowest BCUT2D eigenvalue weighted by Gasteiger charge is -2.13. The van der Waals surface area contributed by atoms with E-state index in [9.17, 15) is 4.39 Å². The number of rotatable bonds is 8. The molecule has 0 saturated carbocycles. The van der Waals surface area contributed by atoms with Crippen LogP contribution in [0.3, 0.4) is 0 Å². The molecule has 1 aromatic heterocycles. The summed E-state index contributed by atoms with van der Waals surface area (Å²) in [6.45, 7) is 0.635. The minimum atomic E-state index is -0.307. The van der Waals surface area contributed by atoms with Crippen LogP contribution < -0.4 is 14.8 Å². The van der Waals surface area contributed by atoms with Crippen molar-refractivity contribution >= 4 is 17.3 Å². The van der Waals surface area contributed by atoms with Gasteiger partial charge in [0.15, 0.2) is 11.5 Å². The van der Waals surface area contributed by atoms with Gasteiger partial charge < -0.3 is 14.8 Å². The summed E-state index contributed by atoms with van der Waals surface area (Å²) in [5.74, 6) is 0.595. The second kappa shape index (κ2) is 8.73.